The first-order chi connectivity index (χ1) is 10.2. The number of rotatable bonds is 4. The molecule has 0 fully saturated rings. The molecule has 21 heavy (non-hydrogen) atoms. The molecular formula is C17H17ClN2O. The zero-order valence-corrected chi connectivity index (χ0v) is 12.4. The number of anilines is 1. The predicted molar refractivity (Wildman–Crippen MR) is 85.7 cm³/mol. The molecule has 0 saturated heterocycles. The Hall–Kier alpha value is -2.00. The summed E-state index contributed by atoms with van der Waals surface area (Å²) in [6.45, 7) is 1.82. The van der Waals surface area contributed by atoms with Crippen LogP contribution in [0.4, 0.5) is 5.69 Å². The van der Waals surface area contributed by atoms with Crippen LogP contribution in [0.5, 0.6) is 0 Å². The van der Waals surface area contributed by atoms with Gasteiger partial charge in [-0.2, -0.15) is 0 Å². The predicted octanol–water partition coefficient (Wildman–Crippen LogP) is 3.02. The third-order valence-electron chi connectivity index (χ3n) is 3.70. The molecular weight excluding hydrogens is 284 g/mol. The van der Waals surface area contributed by atoms with Crippen molar-refractivity contribution in [1.29, 1.82) is 0 Å². The van der Waals surface area contributed by atoms with E-state index in [-0.39, 0.29) is 5.91 Å². The fourth-order valence-corrected chi connectivity index (χ4v) is 2.86. The number of para-hydroxylation sites is 1. The summed E-state index contributed by atoms with van der Waals surface area (Å²) in [5.41, 5.74) is 3.51. The Labute approximate surface area is 129 Å². The van der Waals surface area contributed by atoms with Gasteiger partial charge in [0.05, 0.1) is 6.54 Å². The van der Waals surface area contributed by atoms with Crippen molar-refractivity contribution in [2.24, 2.45) is 0 Å². The molecule has 0 unspecified atom stereocenters. The molecule has 108 valence electrons. The van der Waals surface area contributed by atoms with E-state index in [4.69, 9.17) is 11.6 Å². The number of amides is 1. The highest BCUT2D eigenvalue weighted by Gasteiger charge is 2.20. The number of halogens is 1. The third kappa shape index (κ3) is 3.37. The summed E-state index contributed by atoms with van der Waals surface area (Å²) < 4.78 is 0. The molecule has 0 spiro atoms. The number of nitrogens with zero attached hydrogens (tertiary/aromatic N) is 1. The number of carbonyl (C=O) groups is 1. The van der Waals surface area contributed by atoms with E-state index in [9.17, 15) is 4.79 Å². The maximum atomic E-state index is 12.1. The van der Waals surface area contributed by atoms with Gasteiger partial charge in [-0.1, -0.05) is 41.9 Å². The first-order valence-electron chi connectivity index (χ1n) is 7.06. The van der Waals surface area contributed by atoms with Crippen LogP contribution >= 0.6 is 11.6 Å². The maximum Gasteiger partial charge on any atom is 0.239 e. The van der Waals surface area contributed by atoms with Gasteiger partial charge >= 0.3 is 0 Å². The minimum atomic E-state index is 0.0340. The number of nitrogens with one attached hydrogen (secondary N) is 1. The Morgan fingerprint density at radius 2 is 2.05 bits per heavy atom. The number of hydrogen-bond acceptors (Lipinski definition) is 2. The van der Waals surface area contributed by atoms with E-state index in [1.54, 1.807) is 0 Å². The number of benzene rings is 2. The van der Waals surface area contributed by atoms with Gasteiger partial charge in [0.2, 0.25) is 5.91 Å². The van der Waals surface area contributed by atoms with Crippen LogP contribution in [0.3, 0.4) is 0 Å². The van der Waals surface area contributed by atoms with Gasteiger partial charge in [-0.3, -0.25) is 4.79 Å². The van der Waals surface area contributed by atoms with E-state index in [0.29, 0.717) is 18.1 Å². The molecule has 1 heterocycles. The van der Waals surface area contributed by atoms with Gasteiger partial charge in [0.25, 0.3) is 0 Å². The van der Waals surface area contributed by atoms with Crippen molar-refractivity contribution in [2.75, 3.05) is 18.0 Å². The zero-order valence-electron chi connectivity index (χ0n) is 11.7. The van der Waals surface area contributed by atoms with Crippen LogP contribution < -0.4 is 10.2 Å². The average Bonchev–Trinajstić information content (AvgIpc) is 2.89. The molecule has 3 nitrogen and oxygen atoms in total. The van der Waals surface area contributed by atoms with Crippen LogP contribution in [0, 0.1) is 0 Å². The Morgan fingerprint density at radius 3 is 2.90 bits per heavy atom. The fraction of sp³-hybridized carbons (Fsp3) is 0.235. The van der Waals surface area contributed by atoms with Crippen LogP contribution in [0.25, 0.3) is 0 Å². The largest absolute Gasteiger partial charge is 0.362 e. The first kappa shape index (κ1) is 14.0. The van der Waals surface area contributed by atoms with Crippen LogP contribution in [-0.4, -0.2) is 19.0 Å². The summed E-state index contributed by atoms with van der Waals surface area (Å²) in [7, 11) is 0. The second kappa shape index (κ2) is 6.19. The zero-order chi connectivity index (χ0) is 14.7. The van der Waals surface area contributed by atoms with E-state index in [0.717, 1.165) is 18.5 Å². The summed E-state index contributed by atoms with van der Waals surface area (Å²) in [6, 6.07) is 15.8. The second-order valence-corrected chi connectivity index (χ2v) is 5.64. The quantitative estimate of drug-likeness (QED) is 0.941. The minimum Gasteiger partial charge on any atom is -0.362 e. The van der Waals surface area contributed by atoms with Gasteiger partial charge in [0.15, 0.2) is 0 Å². The topological polar surface area (TPSA) is 32.3 Å². The minimum absolute atomic E-state index is 0.0340. The molecule has 1 aliphatic heterocycles. The molecule has 2 aromatic rings. The lowest BCUT2D eigenvalue weighted by Gasteiger charge is -2.18. The molecule has 1 amide bonds. The normalized spacial score (nSPS) is 13.1. The van der Waals surface area contributed by atoms with Crippen LogP contribution in [-0.2, 0) is 17.8 Å². The van der Waals surface area contributed by atoms with Gasteiger partial charge in [-0.25, -0.2) is 0 Å². The number of carbonyl (C=O) groups excluding carboxylic acids is 1. The van der Waals surface area contributed by atoms with E-state index in [1.807, 2.05) is 36.4 Å². The van der Waals surface area contributed by atoms with Crippen LogP contribution in [0.15, 0.2) is 48.5 Å². The SMILES string of the molecule is O=C(CN1CCc2ccccc21)NCc1cccc(Cl)c1. The lowest BCUT2D eigenvalue weighted by atomic mass is 10.2. The summed E-state index contributed by atoms with van der Waals surface area (Å²) in [5, 5.41) is 3.63. The van der Waals surface area contributed by atoms with Crippen molar-refractivity contribution in [2.45, 2.75) is 13.0 Å². The molecule has 0 saturated carbocycles. The van der Waals surface area contributed by atoms with E-state index in [2.05, 4.69) is 22.3 Å². The van der Waals surface area contributed by atoms with Crippen molar-refractivity contribution in [3.8, 4) is 0 Å². The van der Waals surface area contributed by atoms with Crippen molar-refractivity contribution in [3.63, 3.8) is 0 Å². The monoisotopic (exact) mass is 300 g/mol. The highest BCUT2D eigenvalue weighted by Crippen LogP contribution is 2.26. The molecule has 0 bridgehead atoms. The molecule has 1 N–H and O–H groups in total. The molecule has 0 atom stereocenters. The lowest BCUT2D eigenvalue weighted by Crippen LogP contribution is -2.36. The number of fused-ring (bicyclic) bond motifs is 1. The smallest absolute Gasteiger partial charge is 0.239 e. The molecule has 4 heteroatoms. The van der Waals surface area contributed by atoms with Gasteiger partial charge < -0.3 is 10.2 Å². The average molecular weight is 301 g/mol. The van der Waals surface area contributed by atoms with Crippen LogP contribution in [0.2, 0.25) is 5.02 Å². The van der Waals surface area contributed by atoms with E-state index < -0.39 is 0 Å². The van der Waals surface area contributed by atoms with Crippen molar-refractivity contribution < 1.29 is 4.79 Å². The number of hydrogen-bond donors (Lipinski definition) is 1. The molecule has 1 aliphatic rings. The van der Waals surface area contributed by atoms with E-state index in [1.165, 1.54) is 11.3 Å². The molecule has 0 aromatic heterocycles. The summed E-state index contributed by atoms with van der Waals surface area (Å²) in [5.74, 6) is 0.0340. The lowest BCUT2D eigenvalue weighted by molar-refractivity contribution is -0.119. The Bertz CT molecular complexity index is 657. The first-order valence-corrected chi connectivity index (χ1v) is 7.44. The van der Waals surface area contributed by atoms with Gasteiger partial charge in [0, 0.05) is 23.8 Å². The van der Waals surface area contributed by atoms with Gasteiger partial charge in [-0.05, 0) is 35.7 Å². The maximum absolute atomic E-state index is 12.1. The molecule has 2 aromatic carbocycles. The second-order valence-electron chi connectivity index (χ2n) is 5.21. The molecule has 0 aliphatic carbocycles. The van der Waals surface area contributed by atoms with Crippen LogP contribution in [0.1, 0.15) is 11.1 Å². The molecule has 3 rings (SSSR count). The van der Waals surface area contributed by atoms with E-state index >= 15 is 0 Å². The molecule has 0 radical (unpaired) electrons. The Kier molecular flexibility index (Phi) is 4.11. The van der Waals surface area contributed by atoms with Crippen molar-refractivity contribution in [3.05, 3.63) is 64.7 Å². The van der Waals surface area contributed by atoms with Crippen molar-refractivity contribution in [1.82, 2.24) is 5.32 Å². The van der Waals surface area contributed by atoms with Gasteiger partial charge in [0.1, 0.15) is 0 Å². The highest BCUT2D eigenvalue weighted by molar-refractivity contribution is 6.30. The third-order valence-corrected chi connectivity index (χ3v) is 3.93. The Morgan fingerprint density at radius 1 is 1.19 bits per heavy atom. The highest BCUT2D eigenvalue weighted by atomic mass is 35.5. The Balaban J connectivity index is 1.56. The summed E-state index contributed by atoms with van der Waals surface area (Å²) in [4.78, 5) is 14.2. The van der Waals surface area contributed by atoms with Crippen molar-refractivity contribution >= 4 is 23.2 Å². The fourth-order valence-electron chi connectivity index (χ4n) is 2.65. The van der Waals surface area contributed by atoms with Gasteiger partial charge in [-0.15, -0.1) is 0 Å². The summed E-state index contributed by atoms with van der Waals surface area (Å²) >= 11 is 5.93. The standard InChI is InChI=1S/C17H17ClN2O/c18-15-6-3-4-13(10-15)11-19-17(21)12-20-9-8-14-5-1-2-7-16(14)20/h1-7,10H,8-9,11-12H2,(H,19,21). The summed E-state index contributed by atoms with van der Waals surface area (Å²) in [6.07, 6.45) is 1.01.